The Hall–Kier alpha value is -2.39. The molecule has 1 aromatic heterocycles. The van der Waals surface area contributed by atoms with Gasteiger partial charge in [0.25, 0.3) is 5.82 Å². The fourth-order valence-electron chi connectivity index (χ4n) is 2.52. The largest absolute Gasteiger partial charge is 0.282 e. The maximum Gasteiger partial charge on any atom is 0.282 e. The van der Waals surface area contributed by atoms with Crippen LogP contribution >= 0.6 is 11.6 Å². The van der Waals surface area contributed by atoms with Crippen molar-refractivity contribution in [1.29, 1.82) is 0 Å². The van der Waals surface area contributed by atoms with Gasteiger partial charge >= 0.3 is 0 Å². The van der Waals surface area contributed by atoms with Gasteiger partial charge in [-0.2, -0.15) is 0 Å². The van der Waals surface area contributed by atoms with Crippen molar-refractivity contribution in [3.8, 4) is 0 Å². The second kappa shape index (κ2) is 7.25. The van der Waals surface area contributed by atoms with E-state index in [4.69, 9.17) is 11.6 Å². The number of nitrogens with zero attached hydrogens (tertiary/aromatic N) is 3. The van der Waals surface area contributed by atoms with Gasteiger partial charge in [-0.25, -0.2) is 4.57 Å². The Labute approximate surface area is 141 Å². The summed E-state index contributed by atoms with van der Waals surface area (Å²) in [4.78, 5) is 0. The average Bonchev–Trinajstić information content (AvgIpc) is 2.97. The van der Waals surface area contributed by atoms with E-state index in [0.29, 0.717) is 0 Å². The third kappa shape index (κ3) is 3.88. The minimum atomic E-state index is 0.763. The molecule has 0 aliphatic carbocycles. The molecule has 3 rings (SSSR count). The molecule has 0 saturated carbocycles. The Bertz CT molecular complexity index is 789. The summed E-state index contributed by atoms with van der Waals surface area (Å²) < 4.78 is 4.15. The van der Waals surface area contributed by atoms with Gasteiger partial charge in [-0.3, -0.25) is 0 Å². The van der Waals surface area contributed by atoms with E-state index in [1.165, 1.54) is 5.56 Å². The lowest BCUT2D eigenvalue weighted by Crippen LogP contribution is -2.37. The van der Waals surface area contributed by atoms with Crippen LogP contribution in [0.5, 0.6) is 0 Å². The molecule has 0 fully saturated rings. The van der Waals surface area contributed by atoms with Crippen molar-refractivity contribution >= 4 is 17.8 Å². The molecule has 0 bridgehead atoms. The molecule has 0 atom stereocenters. The first kappa shape index (κ1) is 15.5. The molecule has 4 heteroatoms. The first-order valence-corrected chi connectivity index (χ1v) is 8.07. The molecule has 3 nitrogen and oxygen atoms in total. The van der Waals surface area contributed by atoms with Gasteiger partial charge in [0, 0.05) is 11.4 Å². The van der Waals surface area contributed by atoms with E-state index >= 15 is 0 Å². The lowest BCUT2D eigenvalue weighted by Gasteiger charge is -2.01. The molecular weight excluding hydrogens is 306 g/mol. The molecule has 0 radical (unpaired) electrons. The number of benzene rings is 2. The number of hydrogen-bond donors (Lipinski definition) is 0. The fraction of sp³-hybridized carbons (Fsp3) is 0.158. The summed E-state index contributed by atoms with van der Waals surface area (Å²) in [7, 11) is 0. The molecule has 0 aliphatic rings. The minimum Gasteiger partial charge on any atom is -0.228 e. The van der Waals surface area contributed by atoms with Gasteiger partial charge < -0.3 is 0 Å². The van der Waals surface area contributed by atoms with Crippen LogP contribution in [-0.2, 0) is 13.0 Å². The first-order chi connectivity index (χ1) is 11.3. The third-order valence-electron chi connectivity index (χ3n) is 3.70. The zero-order valence-corrected chi connectivity index (χ0v) is 13.8. The van der Waals surface area contributed by atoms with Gasteiger partial charge in [0.05, 0.1) is 6.21 Å². The third-order valence-corrected chi connectivity index (χ3v) is 3.95. The highest BCUT2D eigenvalue weighted by atomic mass is 35.5. The second-order valence-electron chi connectivity index (χ2n) is 5.32. The molecule has 0 spiro atoms. The van der Waals surface area contributed by atoms with Gasteiger partial charge in [-0.15, -0.1) is 4.68 Å². The normalized spacial score (nSPS) is 11.2. The maximum absolute atomic E-state index is 5.95. The molecule has 116 valence electrons. The van der Waals surface area contributed by atoms with Crippen molar-refractivity contribution in [2.75, 3.05) is 0 Å². The van der Waals surface area contributed by atoms with Crippen molar-refractivity contribution in [2.24, 2.45) is 5.10 Å². The predicted molar refractivity (Wildman–Crippen MR) is 94.0 cm³/mol. The van der Waals surface area contributed by atoms with Crippen LogP contribution in [-0.4, -0.2) is 10.9 Å². The monoisotopic (exact) mass is 324 g/mol. The summed E-state index contributed by atoms with van der Waals surface area (Å²) in [5.41, 5.74) is 2.31. The van der Waals surface area contributed by atoms with Crippen molar-refractivity contribution < 1.29 is 4.57 Å². The maximum atomic E-state index is 5.95. The highest BCUT2D eigenvalue weighted by Gasteiger charge is 2.15. The van der Waals surface area contributed by atoms with Crippen LogP contribution in [0.3, 0.4) is 0 Å². The van der Waals surface area contributed by atoms with E-state index in [0.717, 1.165) is 29.4 Å². The first-order valence-electron chi connectivity index (χ1n) is 7.70. The van der Waals surface area contributed by atoms with Gasteiger partial charge in [0.15, 0.2) is 6.20 Å². The van der Waals surface area contributed by atoms with Crippen molar-refractivity contribution in [3.05, 3.63) is 89.0 Å². The molecule has 0 amide bonds. The SMILES string of the molecule is CCc1n(/N=C\c2ccccc2)cc[n+]1Cc1ccc(Cl)cc1. The van der Waals surface area contributed by atoms with Gasteiger partial charge in [0.1, 0.15) is 12.7 Å². The number of halogens is 1. The highest BCUT2D eigenvalue weighted by Crippen LogP contribution is 2.09. The number of hydrogen-bond acceptors (Lipinski definition) is 1. The van der Waals surface area contributed by atoms with Crippen LogP contribution < -0.4 is 4.57 Å². The molecule has 0 unspecified atom stereocenters. The number of rotatable bonds is 5. The Morgan fingerprint density at radius 1 is 1.09 bits per heavy atom. The van der Waals surface area contributed by atoms with Crippen molar-refractivity contribution in [1.82, 2.24) is 4.68 Å². The molecule has 2 aromatic carbocycles. The Morgan fingerprint density at radius 3 is 2.52 bits per heavy atom. The van der Waals surface area contributed by atoms with E-state index in [-0.39, 0.29) is 0 Å². The second-order valence-corrected chi connectivity index (χ2v) is 5.76. The van der Waals surface area contributed by atoms with Crippen LogP contribution in [0.15, 0.2) is 72.1 Å². The smallest absolute Gasteiger partial charge is 0.228 e. The molecule has 0 aliphatic heterocycles. The average molecular weight is 325 g/mol. The van der Waals surface area contributed by atoms with Crippen molar-refractivity contribution in [3.63, 3.8) is 0 Å². The summed E-state index contributed by atoms with van der Waals surface area (Å²) in [5, 5.41) is 5.34. The van der Waals surface area contributed by atoms with E-state index in [2.05, 4.69) is 34.9 Å². The fourth-order valence-corrected chi connectivity index (χ4v) is 2.64. The lowest BCUT2D eigenvalue weighted by molar-refractivity contribution is -0.695. The molecule has 0 N–H and O–H groups in total. The van der Waals surface area contributed by atoms with Crippen LogP contribution in [0.2, 0.25) is 5.02 Å². The van der Waals surface area contributed by atoms with E-state index < -0.39 is 0 Å². The lowest BCUT2D eigenvalue weighted by atomic mass is 10.2. The highest BCUT2D eigenvalue weighted by molar-refractivity contribution is 6.30. The molecular formula is C19H19ClN3+. The predicted octanol–water partition coefficient (Wildman–Crippen LogP) is 3.92. The number of aromatic nitrogens is 2. The zero-order chi connectivity index (χ0) is 16.1. The molecule has 0 saturated heterocycles. The van der Waals surface area contributed by atoms with Crippen LogP contribution in [0.1, 0.15) is 23.9 Å². The summed E-state index contributed by atoms with van der Waals surface area (Å²) in [6, 6.07) is 18.1. The molecule has 3 aromatic rings. The van der Waals surface area contributed by atoms with Crippen molar-refractivity contribution in [2.45, 2.75) is 19.9 Å². The standard InChI is InChI=1S/C19H19ClN3/c1-2-19-22(15-17-8-10-18(20)11-9-17)12-13-23(19)21-14-16-6-4-3-5-7-16/h3-14H,2,15H2,1H3/q+1/b21-14-. The summed E-state index contributed by atoms with van der Waals surface area (Å²) in [5.74, 6) is 1.16. The van der Waals surface area contributed by atoms with Crippen LogP contribution in [0.4, 0.5) is 0 Å². The topological polar surface area (TPSA) is 21.2 Å². The Balaban J connectivity index is 1.82. The summed E-state index contributed by atoms with van der Waals surface area (Å²) >= 11 is 5.95. The van der Waals surface area contributed by atoms with Gasteiger partial charge in [-0.05, 0) is 23.3 Å². The summed E-state index contributed by atoms with van der Waals surface area (Å²) in [6.07, 6.45) is 6.85. The van der Waals surface area contributed by atoms with Gasteiger partial charge in [0.2, 0.25) is 0 Å². The van der Waals surface area contributed by atoms with E-state index in [1.54, 1.807) is 0 Å². The van der Waals surface area contributed by atoms with Gasteiger partial charge in [-0.1, -0.05) is 66.1 Å². The Morgan fingerprint density at radius 2 is 1.83 bits per heavy atom. The van der Waals surface area contributed by atoms with Crippen LogP contribution in [0.25, 0.3) is 0 Å². The van der Waals surface area contributed by atoms with Crippen LogP contribution in [0, 0.1) is 0 Å². The van der Waals surface area contributed by atoms with E-state index in [1.807, 2.05) is 59.6 Å². The number of imidazole rings is 1. The zero-order valence-electron chi connectivity index (χ0n) is 13.1. The quantitative estimate of drug-likeness (QED) is 0.501. The molecule has 1 heterocycles. The van der Waals surface area contributed by atoms with E-state index in [9.17, 15) is 0 Å². The minimum absolute atomic E-state index is 0.763. The summed E-state index contributed by atoms with van der Waals surface area (Å²) in [6.45, 7) is 2.95. The Kier molecular flexibility index (Phi) is 4.89. The molecule has 23 heavy (non-hydrogen) atoms.